The Hall–Kier alpha value is -2.60. The highest BCUT2D eigenvalue weighted by Crippen LogP contribution is 2.53. The summed E-state index contributed by atoms with van der Waals surface area (Å²) >= 11 is 0. The number of carbonyl (C=O) groups excluding carboxylic acids is 4. The molecule has 16 bridgehead atoms. The van der Waals surface area contributed by atoms with Crippen LogP contribution in [-0.2, 0) is 19.2 Å². The van der Waals surface area contributed by atoms with Crippen LogP contribution in [0.3, 0.4) is 0 Å². The normalized spacial score (nSPS) is 45.8. The fourth-order valence-corrected chi connectivity index (χ4v) is 41.4. The first-order valence-corrected chi connectivity index (χ1v) is 63.0. The maximum atomic E-state index is 12.1. The van der Waals surface area contributed by atoms with Crippen molar-refractivity contribution in [3.63, 3.8) is 0 Å². The van der Waals surface area contributed by atoms with E-state index in [1.165, 1.54) is 440 Å². The summed E-state index contributed by atoms with van der Waals surface area (Å²) in [7, 11) is 0. The number of rotatable bonds is 0. The molecule has 0 saturated carbocycles. The van der Waals surface area contributed by atoms with Crippen LogP contribution in [0.15, 0.2) is 0 Å². The molecule has 32 atom stereocenters. The van der Waals surface area contributed by atoms with Crippen molar-refractivity contribution in [2.24, 2.45) is 94.7 Å². The van der Waals surface area contributed by atoms with Crippen molar-refractivity contribution in [3.05, 3.63) is 0 Å². The summed E-state index contributed by atoms with van der Waals surface area (Å²) in [5.41, 5.74) is 0. The number of hydrogen-bond donors (Lipinski definition) is 0. The molecule has 32 heterocycles. The van der Waals surface area contributed by atoms with Crippen LogP contribution in [0.5, 0.6) is 0 Å². The first-order chi connectivity index (χ1) is 69.0. The third-order valence-corrected chi connectivity index (χ3v) is 47.3. The minimum Gasteiger partial charge on any atom is -0.339 e. The number of carbonyl (C=O) groups is 4. The second-order valence-electron chi connectivity index (χ2n) is 54.8. The van der Waals surface area contributed by atoms with Crippen molar-refractivity contribution in [1.29, 1.82) is 0 Å². The number of piperidine rings is 32. The molecule has 784 valence electrons. The van der Waals surface area contributed by atoms with E-state index in [-0.39, 0.29) is 0 Å². The zero-order chi connectivity index (χ0) is 93.4. The van der Waals surface area contributed by atoms with Gasteiger partial charge in [-0.25, -0.2) is 0 Å². The van der Waals surface area contributed by atoms with E-state index in [1.807, 2.05) is 0 Å². The van der Waals surface area contributed by atoms with Crippen molar-refractivity contribution < 1.29 is 19.2 Å². The Balaban J connectivity index is 0.0000000845. The molecule has 0 N–H and O–H groups in total. The Bertz CT molecular complexity index is 3490. The predicted octanol–water partition coefficient (Wildman–Crippen LogP) is 16.9. The fourth-order valence-electron chi connectivity index (χ4n) is 41.4. The predicted molar refractivity (Wildman–Crippen MR) is 561 cm³/mol. The summed E-state index contributed by atoms with van der Waals surface area (Å²) in [6.07, 6.45) is 76.9. The lowest BCUT2D eigenvalue weighted by Gasteiger charge is -2.57. The molecular weight excluding hydrogens is 1730 g/mol. The van der Waals surface area contributed by atoms with Crippen LogP contribution < -0.4 is 0 Å². The van der Waals surface area contributed by atoms with Crippen molar-refractivity contribution in [2.75, 3.05) is 183 Å². The van der Waals surface area contributed by atoms with Gasteiger partial charge >= 0.3 is 0 Å². The highest BCUT2D eigenvalue weighted by Gasteiger charge is 2.57. The zero-order valence-corrected chi connectivity index (χ0v) is 88.7. The smallest absolute Gasteiger partial charge is 0.222 e. The van der Waals surface area contributed by atoms with Crippen LogP contribution in [0.4, 0.5) is 0 Å². The van der Waals surface area contributed by atoms with Gasteiger partial charge in [0.15, 0.2) is 0 Å². The van der Waals surface area contributed by atoms with Crippen LogP contribution in [0.1, 0.15) is 360 Å². The summed E-state index contributed by atoms with van der Waals surface area (Å²) in [6, 6.07) is 13.2. The molecule has 20 heteroatoms. The van der Waals surface area contributed by atoms with E-state index in [0.29, 0.717) is 47.8 Å². The molecule has 32 saturated heterocycles. The third-order valence-electron chi connectivity index (χ3n) is 47.3. The molecule has 32 rings (SSSR count). The molecule has 0 aliphatic carbocycles. The number of nitrogens with zero attached hydrogens (tertiary/aromatic N) is 16. The lowest BCUT2D eigenvalue weighted by Crippen LogP contribution is -2.64. The maximum Gasteiger partial charge on any atom is 0.222 e. The van der Waals surface area contributed by atoms with Crippen LogP contribution in [0.2, 0.25) is 0 Å². The SMILES string of the molecule is C1CCN2CC3CC(CN4CCCCC34)C2C1.C1CCN2CC3CC(CN4CCCCC34)C2C1.C1CCN2CC3CC(CN4CCCCC34)C2C1.C1CCN2CC3CC(CN4CCCCC34)C2C1.O=C1CCCC2C3CC(CN12)C1CCCCN1C3.O=C1CCCC2C3CC(CN12)C1CCCCN1C3.O=C1CCCC2C3CC(CN12)C1CCCCN1C3.O=C1CCCC2C3CC(CN12)C1CCCCN1C3. The van der Waals surface area contributed by atoms with Gasteiger partial charge in [0.1, 0.15) is 0 Å². The first kappa shape index (κ1) is 98.1. The van der Waals surface area contributed by atoms with Gasteiger partial charge in [0.2, 0.25) is 23.6 Å². The standard InChI is InChI=1S/4C15H24N2O.4C15H26N2/c4*18-15-6-3-5-14-11-8-12(10-17(14)15)13-4-1-2-7-16(13)9-11;4*1-3-7-16-11-13-9-12(14(16)5-1)10-17-8-4-2-6-15(13)17/h4*11-14H,1-10H2;4*12-15H,1-11H2. The number of fused-ring (bicyclic) bond motifs is 48. The second-order valence-corrected chi connectivity index (χ2v) is 54.8. The lowest BCUT2D eigenvalue weighted by molar-refractivity contribution is -0.149. The highest BCUT2D eigenvalue weighted by atomic mass is 16.2. The van der Waals surface area contributed by atoms with Crippen LogP contribution >= 0.6 is 0 Å². The Labute approximate surface area is 850 Å². The zero-order valence-electron chi connectivity index (χ0n) is 88.7. The molecule has 32 aliphatic rings. The van der Waals surface area contributed by atoms with Gasteiger partial charge in [-0.2, -0.15) is 0 Å². The molecule has 0 radical (unpaired) electrons. The van der Waals surface area contributed by atoms with Crippen LogP contribution in [-0.4, -0.2) is 382 Å². The third kappa shape index (κ3) is 20.5. The number of amides is 4. The van der Waals surface area contributed by atoms with Gasteiger partial charge < -0.3 is 19.6 Å². The van der Waals surface area contributed by atoms with E-state index in [4.69, 9.17) is 0 Å². The van der Waals surface area contributed by atoms with Gasteiger partial charge in [-0.1, -0.05) is 77.0 Å². The van der Waals surface area contributed by atoms with E-state index in [1.54, 1.807) is 25.7 Å². The average molecular weight is 1930 g/mol. The van der Waals surface area contributed by atoms with Gasteiger partial charge in [0.25, 0.3) is 0 Å². The molecule has 0 aromatic heterocycles. The van der Waals surface area contributed by atoms with Crippen LogP contribution in [0.25, 0.3) is 0 Å². The minimum atomic E-state index is 0.449. The Morgan fingerprint density at radius 1 is 0.121 bits per heavy atom. The first-order valence-electron chi connectivity index (χ1n) is 63.0. The monoisotopic (exact) mass is 1930 g/mol. The van der Waals surface area contributed by atoms with E-state index >= 15 is 0 Å². The molecular formula is C120H200N16O4. The highest BCUT2D eigenvalue weighted by molar-refractivity contribution is 5.79. The molecule has 0 aromatic rings. The van der Waals surface area contributed by atoms with Gasteiger partial charge in [-0.3, -0.25) is 78.0 Å². The minimum absolute atomic E-state index is 0.449. The van der Waals surface area contributed by atoms with E-state index in [2.05, 4.69) is 78.4 Å². The molecule has 32 unspecified atom stereocenters. The molecule has 0 aromatic carbocycles. The van der Waals surface area contributed by atoms with Gasteiger partial charge in [-0.15, -0.1) is 0 Å². The van der Waals surface area contributed by atoms with E-state index < -0.39 is 0 Å². The lowest BCUT2D eigenvalue weighted by atomic mass is 9.71. The van der Waals surface area contributed by atoms with Crippen molar-refractivity contribution in [3.8, 4) is 0 Å². The van der Waals surface area contributed by atoms with Gasteiger partial charge in [-0.05, 0) is 430 Å². The van der Waals surface area contributed by atoms with Crippen molar-refractivity contribution in [2.45, 2.75) is 456 Å². The quantitative estimate of drug-likeness (QED) is 0.229. The molecule has 4 amide bonds. The van der Waals surface area contributed by atoms with E-state index in [0.717, 1.165) is 245 Å². The molecule has 140 heavy (non-hydrogen) atoms. The van der Waals surface area contributed by atoms with E-state index in [9.17, 15) is 19.2 Å². The Morgan fingerprint density at radius 3 is 0.357 bits per heavy atom. The largest absolute Gasteiger partial charge is 0.339 e. The van der Waals surface area contributed by atoms with Gasteiger partial charge in [0, 0.05) is 227 Å². The van der Waals surface area contributed by atoms with Gasteiger partial charge in [0.05, 0.1) is 0 Å². The Kier molecular flexibility index (Phi) is 31.1. The molecule has 32 aliphatic heterocycles. The fraction of sp³-hybridized carbons (Fsp3) is 0.967. The summed E-state index contributed by atoms with van der Waals surface area (Å²) < 4.78 is 0. The average Bonchev–Trinajstić information content (AvgIpc) is 0.747. The summed E-state index contributed by atoms with van der Waals surface area (Å²) in [4.78, 5) is 91.6. The summed E-state index contributed by atoms with van der Waals surface area (Å²) in [5.74, 6) is 16.2. The molecule has 32 fully saturated rings. The topological polar surface area (TPSA) is 120 Å². The van der Waals surface area contributed by atoms with Crippen molar-refractivity contribution >= 4 is 23.6 Å². The maximum absolute atomic E-state index is 12.1. The van der Waals surface area contributed by atoms with Crippen LogP contribution in [0, 0.1) is 94.7 Å². The Morgan fingerprint density at radius 2 is 0.229 bits per heavy atom. The molecule has 20 nitrogen and oxygen atoms in total. The number of hydrogen-bond acceptors (Lipinski definition) is 16. The van der Waals surface area contributed by atoms with Crippen molar-refractivity contribution in [1.82, 2.24) is 78.4 Å². The summed E-state index contributed by atoms with van der Waals surface area (Å²) in [6.45, 7) is 37.4. The summed E-state index contributed by atoms with van der Waals surface area (Å²) in [5, 5.41) is 0. The molecule has 0 spiro atoms. The second kappa shape index (κ2) is 44.4.